The highest BCUT2D eigenvalue weighted by Gasteiger charge is 2.57. The summed E-state index contributed by atoms with van der Waals surface area (Å²) >= 11 is 12.4. The molecule has 108 valence electrons. The molecule has 6 heteroatoms. The van der Waals surface area contributed by atoms with Crippen LogP contribution in [0.2, 0.25) is 5.02 Å². The summed E-state index contributed by atoms with van der Waals surface area (Å²) in [6.07, 6.45) is 5.46. The smallest absolute Gasteiger partial charge is 0.271 e. The molecule has 2 saturated carbocycles. The molecule has 2 aliphatic carbocycles. The minimum Gasteiger partial charge on any atom is -0.488 e. The van der Waals surface area contributed by atoms with Gasteiger partial charge in [0.1, 0.15) is 11.9 Å². The van der Waals surface area contributed by atoms with E-state index in [0.29, 0.717) is 5.75 Å². The first-order chi connectivity index (χ1) is 9.53. The van der Waals surface area contributed by atoms with E-state index in [-0.39, 0.29) is 27.6 Å². The maximum Gasteiger partial charge on any atom is 0.271 e. The minimum absolute atomic E-state index is 0.0261. The molecule has 0 radical (unpaired) electrons. The number of hydrogen-bond acceptors (Lipinski definition) is 3. The van der Waals surface area contributed by atoms with E-state index in [1.807, 2.05) is 0 Å². The van der Waals surface area contributed by atoms with E-state index in [1.165, 1.54) is 25.0 Å². The Kier molecular flexibility index (Phi) is 3.55. The molecule has 1 spiro atoms. The zero-order valence-corrected chi connectivity index (χ0v) is 12.4. The van der Waals surface area contributed by atoms with Gasteiger partial charge in [0.05, 0.1) is 9.95 Å². The van der Waals surface area contributed by atoms with Gasteiger partial charge < -0.3 is 4.74 Å². The lowest BCUT2D eigenvalue weighted by atomic mass is 9.64. The Labute approximate surface area is 127 Å². The molecule has 0 N–H and O–H groups in total. The Balaban J connectivity index is 1.77. The van der Waals surface area contributed by atoms with Crippen LogP contribution in [0.3, 0.4) is 0 Å². The van der Waals surface area contributed by atoms with Crippen molar-refractivity contribution < 1.29 is 9.66 Å². The molecule has 4 nitrogen and oxygen atoms in total. The number of nitro benzene ring substituents is 1. The second-order valence-electron chi connectivity index (χ2n) is 5.62. The lowest BCUT2D eigenvalue weighted by Crippen LogP contribution is -2.55. The summed E-state index contributed by atoms with van der Waals surface area (Å²) in [6, 6.07) is 4.32. The highest BCUT2D eigenvalue weighted by atomic mass is 35.5. The number of non-ortho nitro benzene ring substituents is 1. The van der Waals surface area contributed by atoms with Crippen LogP contribution in [0.15, 0.2) is 18.2 Å². The van der Waals surface area contributed by atoms with Crippen LogP contribution in [-0.2, 0) is 0 Å². The second-order valence-corrected chi connectivity index (χ2v) is 6.56. The molecule has 2 atom stereocenters. The van der Waals surface area contributed by atoms with Crippen molar-refractivity contribution in [1.29, 1.82) is 0 Å². The number of hydrogen-bond donors (Lipinski definition) is 0. The molecule has 2 aliphatic rings. The summed E-state index contributed by atoms with van der Waals surface area (Å²) < 4.78 is 5.99. The first-order valence-electron chi connectivity index (χ1n) is 6.77. The van der Waals surface area contributed by atoms with Crippen molar-refractivity contribution in [2.45, 2.75) is 43.6 Å². The van der Waals surface area contributed by atoms with Crippen LogP contribution in [-0.4, -0.2) is 16.4 Å². The fourth-order valence-corrected chi connectivity index (χ4v) is 4.12. The molecule has 0 aliphatic heterocycles. The maximum atomic E-state index is 10.7. The molecule has 0 bridgehead atoms. The van der Waals surface area contributed by atoms with Crippen LogP contribution >= 0.6 is 23.2 Å². The Morgan fingerprint density at radius 2 is 2.05 bits per heavy atom. The molecule has 0 amide bonds. The average molecular weight is 316 g/mol. The van der Waals surface area contributed by atoms with Crippen LogP contribution in [0.4, 0.5) is 5.69 Å². The topological polar surface area (TPSA) is 52.4 Å². The Morgan fingerprint density at radius 3 is 2.60 bits per heavy atom. The van der Waals surface area contributed by atoms with E-state index < -0.39 is 4.92 Å². The van der Waals surface area contributed by atoms with Crippen molar-refractivity contribution in [1.82, 2.24) is 0 Å². The van der Waals surface area contributed by atoms with Crippen molar-refractivity contribution in [2.75, 3.05) is 0 Å². The maximum absolute atomic E-state index is 10.7. The van der Waals surface area contributed by atoms with E-state index in [0.717, 1.165) is 19.3 Å². The first kappa shape index (κ1) is 14.0. The van der Waals surface area contributed by atoms with Crippen LogP contribution in [0.1, 0.15) is 32.1 Å². The molecular formula is C14H15Cl2NO3. The van der Waals surface area contributed by atoms with Crippen LogP contribution in [0, 0.1) is 15.5 Å². The number of halogens is 2. The number of ether oxygens (including phenoxy) is 1. The summed E-state index contributed by atoms with van der Waals surface area (Å²) in [6.45, 7) is 0. The van der Waals surface area contributed by atoms with Gasteiger partial charge in [-0.15, -0.1) is 11.6 Å². The molecule has 0 aromatic heterocycles. The predicted molar refractivity (Wildman–Crippen MR) is 77.7 cm³/mol. The fourth-order valence-electron chi connectivity index (χ4n) is 3.38. The van der Waals surface area contributed by atoms with Gasteiger partial charge in [-0.25, -0.2) is 0 Å². The first-order valence-corrected chi connectivity index (χ1v) is 7.59. The van der Waals surface area contributed by atoms with Crippen LogP contribution in [0.25, 0.3) is 0 Å². The van der Waals surface area contributed by atoms with Gasteiger partial charge in [0, 0.05) is 29.3 Å². The highest BCUT2D eigenvalue weighted by molar-refractivity contribution is 6.32. The number of benzene rings is 1. The monoisotopic (exact) mass is 315 g/mol. The van der Waals surface area contributed by atoms with Gasteiger partial charge in [0.2, 0.25) is 0 Å². The largest absolute Gasteiger partial charge is 0.488 e. The minimum atomic E-state index is -0.466. The van der Waals surface area contributed by atoms with Crippen molar-refractivity contribution in [2.24, 2.45) is 5.41 Å². The standard InChI is InChI=1S/C14H15Cl2NO3/c15-10-7-9(17(18)19)3-4-11(10)20-13-8-12(16)14(13)5-1-2-6-14/h3-4,7,12-13H,1-2,5-6,8H2. The van der Waals surface area contributed by atoms with Gasteiger partial charge in [0.25, 0.3) is 5.69 Å². The van der Waals surface area contributed by atoms with Crippen LogP contribution in [0.5, 0.6) is 5.75 Å². The third kappa shape index (κ3) is 2.15. The predicted octanol–water partition coefficient (Wildman–Crippen LogP) is 4.57. The zero-order chi connectivity index (χ0) is 14.3. The van der Waals surface area contributed by atoms with Crippen LogP contribution < -0.4 is 4.74 Å². The lowest BCUT2D eigenvalue weighted by Gasteiger charge is -2.51. The molecule has 2 unspecified atom stereocenters. The van der Waals surface area contributed by atoms with Crippen molar-refractivity contribution in [3.63, 3.8) is 0 Å². The Morgan fingerprint density at radius 1 is 1.35 bits per heavy atom. The molecular weight excluding hydrogens is 301 g/mol. The number of alkyl halides is 1. The van der Waals surface area contributed by atoms with Crippen molar-refractivity contribution in [3.8, 4) is 5.75 Å². The lowest BCUT2D eigenvalue weighted by molar-refractivity contribution is -0.384. The summed E-state index contributed by atoms with van der Waals surface area (Å²) in [4.78, 5) is 10.2. The third-order valence-corrected chi connectivity index (χ3v) is 5.52. The summed E-state index contributed by atoms with van der Waals surface area (Å²) in [5, 5.41) is 11.1. The quantitative estimate of drug-likeness (QED) is 0.466. The van der Waals surface area contributed by atoms with Gasteiger partial charge in [-0.2, -0.15) is 0 Å². The van der Waals surface area contributed by atoms with Crippen molar-refractivity contribution >= 4 is 28.9 Å². The van der Waals surface area contributed by atoms with E-state index in [1.54, 1.807) is 6.07 Å². The molecule has 3 rings (SSSR count). The van der Waals surface area contributed by atoms with Gasteiger partial charge in [-0.05, 0) is 18.9 Å². The molecule has 1 aromatic rings. The molecule has 20 heavy (non-hydrogen) atoms. The molecule has 0 heterocycles. The van der Waals surface area contributed by atoms with Gasteiger partial charge >= 0.3 is 0 Å². The number of nitro groups is 1. The fraction of sp³-hybridized carbons (Fsp3) is 0.571. The number of nitrogens with zero attached hydrogens (tertiary/aromatic N) is 1. The summed E-state index contributed by atoms with van der Waals surface area (Å²) in [7, 11) is 0. The van der Waals surface area contributed by atoms with Gasteiger partial charge in [-0.3, -0.25) is 10.1 Å². The van der Waals surface area contributed by atoms with E-state index in [4.69, 9.17) is 27.9 Å². The van der Waals surface area contributed by atoms with Crippen molar-refractivity contribution in [3.05, 3.63) is 33.3 Å². The SMILES string of the molecule is O=[N+]([O-])c1ccc(OC2CC(Cl)C23CCCC3)c(Cl)c1. The van der Waals surface area contributed by atoms with Gasteiger partial charge in [-0.1, -0.05) is 24.4 Å². The zero-order valence-electron chi connectivity index (χ0n) is 10.9. The Hall–Kier alpha value is -1.00. The van der Waals surface area contributed by atoms with E-state index in [2.05, 4.69) is 0 Å². The Bertz CT molecular complexity index is 543. The molecule has 2 fully saturated rings. The molecule has 0 saturated heterocycles. The average Bonchev–Trinajstić information content (AvgIpc) is 2.92. The van der Waals surface area contributed by atoms with E-state index in [9.17, 15) is 10.1 Å². The number of rotatable bonds is 3. The third-order valence-electron chi connectivity index (χ3n) is 4.62. The summed E-state index contributed by atoms with van der Waals surface area (Å²) in [5.74, 6) is 0.511. The van der Waals surface area contributed by atoms with Gasteiger partial charge in [0.15, 0.2) is 0 Å². The molecule has 1 aromatic carbocycles. The normalized spacial score (nSPS) is 27.3. The van der Waals surface area contributed by atoms with E-state index >= 15 is 0 Å². The highest BCUT2D eigenvalue weighted by Crippen LogP contribution is 2.57. The second kappa shape index (κ2) is 5.08. The summed E-state index contributed by atoms with van der Waals surface area (Å²) in [5.41, 5.74) is 0.0499.